The van der Waals surface area contributed by atoms with Crippen molar-refractivity contribution in [2.45, 2.75) is 38.1 Å². The van der Waals surface area contributed by atoms with Crippen LogP contribution in [0.25, 0.3) is 0 Å². The van der Waals surface area contributed by atoms with E-state index < -0.39 is 0 Å². The Morgan fingerprint density at radius 1 is 1.36 bits per heavy atom. The van der Waals surface area contributed by atoms with Gasteiger partial charge in [0.25, 0.3) is 0 Å². The van der Waals surface area contributed by atoms with Crippen LogP contribution in [-0.2, 0) is 10.2 Å². The van der Waals surface area contributed by atoms with Gasteiger partial charge in [0, 0.05) is 34.7 Å². The van der Waals surface area contributed by atoms with Gasteiger partial charge in [-0.1, -0.05) is 29.3 Å². The number of nitrogens with zero attached hydrogens (tertiary/aromatic N) is 1. The molecular weight excluding hydrogens is 321 g/mol. The summed E-state index contributed by atoms with van der Waals surface area (Å²) in [6.07, 6.45) is 1.74. The summed E-state index contributed by atoms with van der Waals surface area (Å²) < 4.78 is 5.52. The van der Waals surface area contributed by atoms with Crippen LogP contribution in [0.1, 0.15) is 32.3 Å². The Hall–Kier alpha value is -0.970. The molecule has 0 aromatic heterocycles. The van der Waals surface area contributed by atoms with Crippen LogP contribution >= 0.6 is 23.2 Å². The SMILES string of the molecule is CC(C)NC(N)=NCC1(c2ccc(Cl)cc2Cl)CCOCC1. The van der Waals surface area contributed by atoms with Gasteiger partial charge in [-0.2, -0.15) is 0 Å². The van der Waals surface area contributed by atoms with E-state index in [0.29, 0.717) is 35.8 Å². The molecule has 1 aliphatic rings. The summed E-state index contributed by atoms with van der Waals surface area (Å²) in [5.41, 5.74) is 6.87. The van der Waals surface area contributed by atoms with Gasteiger partial charge in [-0.25, -0.2) is 0 Å². The molecule has 0 unspecified atom stereocenters. The molecule has 0 atom stereocenters. The molecule has 3 N–H and O–H groups in total. The number of halogens is 2. The van der Waals surface area contributed by atoms with Crippen molar-refractivity contribution in [2.24, 2.45) is 10.7 Å². The molecule has 1 saturated heterocycles. The van der Waals surface area contributed by atoms with E-state index in [1.54, 1.807) is 6.07 Å². The zero-order valence-corrected chi connectivity index (χ0v) is 14.5. The number of guanidine groups is 1. The summed E-state index contributed by atoms with van der Waals surface area (Å²) in [5, 5.41) is 4.44. The van der Waals surface area contributed by atoms with Gasteiger partial charge in [0.2, 0.25) is 0 Å². The fourth-order valence-electron chi connectivity index (χ4n) is 2.77. The lowest BCUT2D eigenvalue weighted by Crippen LogP contribution is -2.41. The Labute approximate surface area is 142 Å². The lowest BCUT2D eigenvalue weighted by molar-refractivity contribution is 0.0531. The van der Waals surface area contributed by atoms with E-state index >= 15 is 0 Å². The fraction of sp³-hybridized carbons (Fsp3) is 0.562. The van der Waals surface area contributed by atoms with Gasteiger partial charge in [-0.3, -0.25) is 4.99 Å². The van der Waals surface area contributed by atoms with Crippen LogP contribution in [-0.4, -0.2) is 31.8 Å². The van der Waals surface area contributed by atoms with Crippen molar-refractivity contribution in [2.75, 3.05) is 19.8 Å². The lowest BCUT2D eigenvalue weighted by atomic mass is 9.74. The third-order valence-corrected chi connectivity index (χ3v) is 4.49. The maximum Gasteiger partial charge on any atom is 0.188 e. The Kier molecular flexibility index (Phi) is 5.95. The number of nitrogens with one attached hydrogen (secondary N) is 1. The molecule has 0 saturated carbocycles. The summed E-state index contributed by atoms with van der Waals surface area (Å²) in [6, 6.07) is 5.92. The Bertz CT molecular complexity index is 540. The van der Waals surface area contributed by atoms with Gasteiger partial charge in [0.05, 0.1) is 6.54 Å². The number of ether oxygens (including phenoxy) is 1. The first-order chi connectivity index (χ1) is 10.4. The van der Waals surface area contributed by atoms with E-state index in [1.807, 2.05) is 26.0 Å². The van der Waals surface area contributed by atoms with Crippen LogP contribution in [0.3, 0.4) is 0 Å². The van der Waals surface area contributed by atoms with Gasteiger partial charge < -0.3 is 15.8 Å². The first-order valence-corrected chi connectivity index (χ1v) is 8.28. The van der Waals surface area contributed by atoms with Crippen molar-refractivity contribution < 1.29 is 4.74 Å². The predicted molar refractivity (Wildman–Crippen MR) is 93.0 cm³/mol. The van der Waals surface area contributed by atoms with E-state index in [1.165, 1.54) is 0 Å². The molecule has 0 bridgehead atoms. The highest BCUT2D eigenvalue weighted by molar-refractivity contribution is 6.35. The summed E-state index contributed by atoms with van der Waals surface area (Å²) in [7, 11) is 0. The number of benzene rings is 1. The molecular formula is C16H23Cl2N3O. The summed E-state index contributed by atoms with van der Waals surface area (Å²) in [4.78, 5) is 4.54. The van der Waals surface area contributed by atoms with Crippen LogP contribution in [0.2, 0.25) is 10.0 Å². The maximum atomic E-state index is 6.43. The van der Waals surface area contributed by atoms with Crippen molar-refractivity contribution in [3.05, 3.63) is 33.8 Å². The minimum absolute atomic E-state index is 0.150. The number of rotatable bonds is 4. The third-order valence-electron chi connectivity index (χ3n) is 3.94. The van der Waals surface area contributed by atoms with Crippen molar-refractivity contribution in [1.29, 1.82) is 0 Å². The zero-order chi connectivity index (χ0) is 16.2. The van der Waals surface area contributed by atoms with Gasteiger partial charge in [0.1, 0.15) is 0 Å². The maximum absolute atomic E-state index is 6.43. The lowest BCUT2D eigenvalue weighted by Gasteiger charge is -2.37. The second-order valence-corrected chi connectivity index (χ2v) is 6.86. The minimum Gasteiger partial charge on any atom is -0.381 e. The second-order valence-electron chi connectivity index (χ2n) is 6.02. The Morgan fingerprint density at radius 2 is 2.05 bits per heavy atom. The quantitative estimate of drug-likeness (QED) is 0.650. The largest absolute Gasteiger partial charge is 0.381 e. The van der Waals surface area contributed by atoms with Gasteiger partial charge >= 0.3 is 0 Å². The molecule has 22 heavy (non-hydrogen) atoms. The standard InChI is InChI=1S/C16H23Cl2N3O/c1-11(2)21-15(19)20-10-16(5-7-22-8-6-16)13-4-3-12(17)9-14(13)18/h3-4,9,11H,5-8,10H2,1-2H3,(H3,19,20,21). The third kappa shape index (κ3) is 4.28. The van der Waals surface area contributed by atoms with Crippen molar-refractivity contribution in [3.8, 4) is 0 Å². The highest BCUT2D eigenvalue weighted by Crippen LogP contribution is 2.39. The molecule has 6 heteroatoms. The molecule has 1 fully saturated rings. The molecule has 0 aliphatic carbocycles. The Morgan fingerprint density at radius 3 is 2.64 bits per heavy atom. The predicted octanol–water partition coefficient (Wildman–Crippen LogP) is 3.35. The monoisotopic (exact) mass is 343 g/mol. The molecule has 0 spiro atoms. The smallest absolute Gasteiger partial charge is 0.188 e. The Balaban J connectivity index is 2.28. The van der Waals surface area contributed by atoms with Crippen LogP contribution in [0.4, 0.5) is 0 Å². The van der Waals surface area contributed by atoms with Gasteiger partial charge in [-0.15, -0.1) is 0 Å². The number of hydrogen-bond donors (Lipinski definition) is 2. The fourth-order valence-corrected chi connectivity index (χ4v) is 3.38. The van der Waals surface area contributed by atoms with Crippen LogP contribution in [0.5, 0.6) is 0 Å². The van der Waals surface area contributed by atoms with E-state index in [4.69, 9.17) is 33.7 Å². The molecule has 1 aliphatic heterocycles. The van der Waals surface area contributed by atoms with E-state index in [-0.39, 0.29) is 11.5 Å². The molecule has 122 valence electrons. The van der Waals surface area contributed by atoms with Gasteiger partial charge in [-0.05, 0) is 44.4 Å². The minimum atomic E-state index is -0.150. The average molecular weight is 344 g/mol. The van der Waals surface area contributed by atoms with Gasteiger partial charge in [0.15, 0.2) is 5.96 Å². The van der Waals surface area contributed by atoms with Crippen molar-refractivity contribution >= 4 is 29.2 Å². The molecule has 0 amide bonds. The van der Waals surface area contributed by atoms with Crippen molar-refractivity contribution in [3.63, 3.8) is 0 Å². The summed E-state index contributed by atoms with van der Waals surface area (Å²) >= 11 is 12.5. The molecule has 0 radical (unpaired) electrons. The number of nitrogens with two attached hydrogens (primary N) is 1. The average Bonchev–Trinajstić information content (AvgIpc) is 2.45. The first kappa shape index (κ1) is 17.4. The highest BCUT2D eigenvalue weighted by Gasteiger charge is 2.36. The van der Waals surface area contributed by atoms with Crippen LogP contribution < -0.4 is 11.1 Å². The molecule has 4 nitrogen and oxygen atoms in total. The van der Waals surface area contributed by atoms with Crippen molar-refractivity contribution in [1.82, 2.24) is 5.32 Å². The molecule has 1 aromatic carbocycles. The van der Waals surface area contributed by atoms with E-state index in [0.717, 1.165) is 18.4 Å². The molecule has 1 heterocycles. The van der Waals surface area contributed by atoms with E-state index in [9.17, 15) is 0 Å². The van der Waals surface area contributed by atoms with Crippen LogP contribution in [0.15, 0.2) is 23.2 Å². The van der Waals surface area contributed by atoms with E-state index in [2.05, 4.69) is 10.3 Å². The number of aliphatic imine (C=N–C) groups is 1. The normalized spacial score (nSPS) is 18.5. The first-order valence-electron chi connectivity index (χ1n) is 7.53. The zero-order valence-electron chi connectivity index (χ0n) is 13.0. The summed E-state index contributed by atoms with van der Waals surface area (Å²) in [6.45, 7) is 6.05. The second kappa shape index (κ2) is 7.53. The number of hydrogen-bond acceptors (Lipinski definition) is 2. The summed E-state index contributed by atoms with van der Waals surface area (Å²) in [5.74, 6) is 0.464. The topological polar surface area (TPSA) is 59.6 Å². The molecule has 1 aromatic rings. The van der Waals surface area contributed by atoms with Crippen LogP contribution in [0, 0.1) is 0 Å². The highest BCUT2D eigenvalue weighted by atomic mass is 35.5. The molecule has 2 rings (SSSR count).